The fourth-order valence-corrected chi connectivity index (χ4v) is 4.91. The molecule has 3 aromatic rings. The highest BCUT2D eigenvalue weighted by Crippen LogP contribution is 2.57. The molecule has 34 heavy (non-hydrogen) atoms. The Morgan fingerprint density at radius 3 is 2.50 bits per heavy atom. The molecule has 1 unspecified atom stereocenters. The SMILES string of the molecule is C=CC(=O)Nc1cc2c(cc1C)Oc1cc(N(CC)CC)ccc1C21OC(=O)c2ccccc21. The highest BCUT2D eigenvalue weighted by atomic mass is 16.6. The van der Waals surface area contributed by atoms with E-state index in [1.54, 1.807) is 6.07 Å². The maximum Gasteiger partial charge on any atom is 0.340 e. The molecule has 0 saturated carbocycles. The molecule has 0 fully saturated rings. The van der Waals surface area contributed by atoms with E-state index in [2.05, 4.69) is 30.6 Å². The summed E-state index contributed by atoms with van der Waals surface area (Å²) in [7, 11) is 0. The fraction of sp³-hybridized carbons (Fsp3) is 0.214. The summed E-state index contributed by atoms with van der Waals surface area (Å²) in [5.74, 6) is 0.521. The molecule has 5 rings (SSSR count). The predicted octanol–water partition coefficient (Wildman–Crippen LogP) is 5.53. The highest BCUT2D eigenvalue weighted by molar-refractivity contribution is 6.00. The number of carbonyl (C=O) groups is 2. The monoisotopic (exact) mass is 454 g/mol. The minimum absolute atomic E-state index is 0.318. The first kappa shape index (κ1) is 21.8. The largest absolute Gasteiger partial charge is 0.456 e. The van der Waals surface area contributed by atoms with Crippen molar-refractivity contribution in [1.82, 2.24) is 0 Å². The van der Waals surface area contributed by atoms with Gasteiger partial charge in [-0.2, -0.15) is 0 Å². The molecule has 0 aliphatic carbocycles. The molecule has 0 aromatic heterocycles. The van der Waals surface area contributed by atoms with Crippen LogP contribution in [0.4, 0.5) is 11.4 Å². The van der Waals surface area contributed by atoms with Crippen LogP contribution in [0.5, 0.6) is 11.5 Å². The van der Waals surface area contributed by atoms with Crippen LogP contribution in [0.1, 0.15) is 46.5 Å². The smallest absolute Gasteiger partial charge is 0.340 e. The summed E-state index contributed by atoms with van der Waals surface area (Å²) in [5.41, 5.74) is 3.97. The number of aryl methyl sites for hydroxylation is 1. The molecule has 2 heterocycles. The molecule has 172 valence electrons. The number of esters is 1. The predicted molar refractivity (Wildman–Crippen MR) is 132 cm³/mol. The van der Waals surface area contributed by atoms with E-state index in [0.29, 0.717) is 28.3 Å². The van der Waals surface area contributed by atoms with Gasteiger partial charge in [0.2, 0.25) is 5.91 Å². The van der Waals surface area contributed by atoms with Crippen LogP contribution in [0.25, 0.3) is 0 Å². The van der Waals surface area contributed by atoms with Crippen LogP contribution in [-0.2, 0) is 15.1 Å². The maximum absolute atomic E-state index is 13.0. The Labute approximate surface area is 198 Å². The standard InChI is InChI=1S/C28H26N2O4/c1-5-26(31)29-23-16-22-24(14-17(23)4)33-25-15-18(30(6-2)7-3)12-13-21(25)28(22)20-11-9-8-10-19(20)27(32)34-28/h5,8-16H,1,6-7H2,2-4H3,(H,29,31). The van der Waals surface area contributed by atoms with Gasteiger partial charge in [0, 0.05) is 47.2 Å². The fourth-order valence-electron chi connectivity index (χ4n) is 4.91. The summed E-state index contributed by atoms with van der Waals surface area (Å²) in [6.45, 7) is 11.4. The minimum atomic E-state index is -1.18. The Kier molecular flexibility index (Phi) is 5.16. The van der Waals surface area contributed by atoms with Crippen molar-refractivity contribution in [2.75, 3.05) is 23.3 Å². The summed E-state index contributed by atoms with van der Waals surface area (Å²) in [5, 5.41) is 2.86. The van der Waals surface area contributed by atoms with E-state index in [1.165, 1.54) is 6.08 Å². The Morgan fingerprint density at radius 1 is 1.03 bits per heavy atom. The van der Waals surface area contributed by atoms with Crippen molar-refractivity contribution in [3.05, 3.63) is 95.1 Å². The van der Waals surface area contributed by atoms with Crippen molar-refractivity contribution in [2.24, 2.45) is 0 Å². The number of anilines is 2. The van der Waals surface area contributed by atoms with Gasteiger partial charge in [0.25, 0.3) is 0 Å². The summed E-state index contributed by atoms with van der Waals surface area (Å²) >= 11 is 0. The number of rotatable bonds is 5. The Bertz CT molecular complexity index is 1340. The van der Waals surface area contributed by atoms with Crippen molar-refractivity contribution in [3.8, 4) is 11.5 Å². The average Bonchev–Trinajstić information content (AvgIpc) is 3.14. The van der Waals surface area contributed by atoms with E-state index >= 15 is 0 Å². The Balaban J connectivity index is 1.79. The molecule has 1 N–H and O–H groups in total. The molecule has 2 aliphatic heterocycles. The number of carbonyl (C=O) groups excluding carboxylic acids is 2. The van der Waals surface area contributed by atoms with Gasteiger partial charge in [0.15, 0.2) is 5.60 Å². The van der Waals surface area contributed by atoms with Crippen molar-refractivity contribution < 1.29 is 19.1 Å². The zero-order valence-corrected chi connectivity index (χ0v) is 19.5. The lowest BCUT2D eigenvalue weighted by Crippen LogP contribution is -2.33. The first-order valence-electron chi connectivity index (χ1n) is 11.4. The first-order valence-corrected chi connectivity index (χ1v) is 11.4. The zero-order chi connectivity index (χ0) is 24.0. The maximum atomic E-state index is 13.0. The van der Waals surface area contributed by atoms with E-state index in [9.17, 15) is 9.59 Å². The van der Waals surface area contributed by atoms with Crippen LogP contribution in [0.2, 0.25) is 0 Å². The van der Waals surface area contributed by atoms with Gasteiger partial charge in [-0.25, -0.2) is 4.79 Å². The minimum Gasteiger partial charge on any atom is -0.456 e. The van der Waals surface area contributed by atoms with Gasteiger partial charge in [-0.1, -0.05) is 24.8 Å². The number of benzene rings is 3. The van der Waals surface area contributed by atoms with E-state index in [0.717, 1.165) is 35.5 Å². The third-order valence-corrected chi connectivity index (χ3v) is 6.61. The van der Waals surface area contributed by atoms with Crippen molar-refractivity contribution in [1.29, 1.82) is 0 Å². The van der Waals surface area contributed by atoms with Gasteiger partial charge in [-0.3, -0.25) is 4.79 Å². The molecule has 1 atom stereocenters. The van der Waals surface area contributed by atoms with Crippen molar-refractivity contribution in [2.45, 2.75) is 26.4 Å². The second-order valence-electron chi connectivity index (χ2n) is 8.43. The van der Waals surface area contributed by atoms with Crippen molar-refractivity contribution >= 4 is 23.3 Å². The summed E-state index contributed by atoms with van der Waals surface area (Å²) in [6.07, 6.45) is 1.22. The van der Waals surface area contributed by atoms with Gasteiger partial charge < -0.3 is 19.7 Å². The first-order chi connectivity index (χ1) is 16.4. The average molecular weight is 455 g/mol. The van der Waals surface area contributed by atoms with Gasteiger partial charge in [-0.15, -0.1) is 0 Å². The van der Waals surface area contributed by atoms with Crippen LogP contribution in [0.15, 0.2) is 67.3 Å². The number of nitrogens with zero attached hydrogens (tertiary/aromatic N) is 1. The lowest BCUT2D eigenvalue weighted by molar-refractivity contribution is -0.111. The second kappa shape index (κ2) is 8.06. The number of hydrogen-bond acceptors (Lipinski definition) is 5. The summed E-state index contributed by atoms with van der Waals surface area (Å²) in [6, 6.07) is 17.1. The zero-order valence-electron chi connectivity index (χ0n) is 19.5. The van der Waals surface area contributed by atoms with Gasteiger partial charge in [-0.05, 0) is 62.7 Å². The number of fused-ring (bicyclic) bond motifs is 6. The molecular weight excluding hydrogens is 428 g/mol. The normalized spacial score (nSPS) is 17.2. The van der Waals surface area contributed by atoms with Crippen LogP contribution >= 0.6 is 0 Å². The highest BCUT2D eigenvalue weighted by Gasteiger charge is 2.53. The topological polar surface area (TPSA) is 67.9 Å². The van der Waals surface area contributed by atoms with Crippen LogP contribution in [-0.4, -0.2) is 25.0 Å². The number of nitrogens with one attached hydrogen (secondary N) is 1. The third kappa shape index (κ3) is 3.10. The molecule has 0 saturated heterocycles. The number of hydrogen-bond donors (Lipinski definition) is 1. The van der Waals surface area contributed by atoms with Crippen LogP contribution in [0, 0.1) is 6.92 Å². The number of ether oxygens (including phenoxy) is 2. The van der Waals surface area contributed by atoms with Gasteiger partial charge in [0.05, 0.1) is 5.56 Å². The molecule has 1 spiro atoms. The molecule has 0 radical (unpaired) electrons. The lowest BCUT2D eigenvalue weighted by atomic mass is 9.77. The summed E-state index contributed by atoms with van der Waals surface area (Å²) in [4.78, 5) is 27.4. The second-order valence-corrected chi connectivity index (χ2v) is 8.43. The summed E-state index contributed by atoms with van der Waals surface area (Å²) < 4.78 is 12.6. The van der Waals surface area contributed by atoms with Gasteiger partial charge >= 0.3 is 5.97 Å². The number of amides is 1. The van der Waals surface area contributed by atoms with E-state index in [-0.39, 0.29) is 11.9 Å². The lowest BCUT2D eigenvalue weighted by Gasteiger charge is -2.37. The van der Waals surface area contributed by atoms with Crippen LogP contribution < -0.4 is 15.0 Å². The van der Waals surface area contributed by atoms with Crippen molar-refractivity contribution in [3.63, 3.8) is 0 Å². The molecule has 6 heteroatoms. The van der Waals surface area contributed by atoms with E-state index < -0.39 is 5.60 Å². The van der Waals surface area contributed by atoms with Crippen LogP contribution in [0.3, 0.4) is 0 Å². The Hall–Kier alpha value is -4.06. The van der Waals surface area contributed by atoms with Gasteiger partial charge in [0.1, 0.15) is 11.5 Å². The molecule has 6 nitrogen and oxygen atoms in total. The third-order valence-electron chi connectivity index (χ3n) is 6.61. The molecule has 2 aliphatic rings. The molecule has 1 amide bonds. The Morgan fingerprint density at radius 2 is 1.76 bits per heavy atom. The molecule has 3 aromatic carbocycles. The molecule has 0 bridgehead atoms. The quantitative estimate of drug-likeness (QED) is 0.405. The van der Waals surface area contributed by atoms with E-state index in [1.807, 2.05) is 55.5 Å². The van der Waals surface area contributed by atoms with E-state index in [4.69, 9.17) is 9.47 Å². The molecular formula is C28H26N2O4.